The summed E-state index contributed by atoms with van der Waals surface area (Å²) in [5.74, 6) is 0.795. The molecule has 5 nitrogen and oxygen atoms in total. The van der Waals surface area contributed by atoms with Gasteiger partial charge in [0.1, 0.15) is 0 Å². The number of aromatic nitrogens is 1. The van der Waals surface area contributed by atoms with E-state index in [-0.39, 0.29) is 11.1 Å². The summed E-state index contributed by atoms with van der Waals surface area (Å²) < 4.78 is 1.09. The van der Waals surface area contributed by atoms with Crippen molar-refractivity contribution < 1.29 is 9.59 Å². The Morgan fingerprint density at radius 3 is 2.72 bits per heavy atom. The minimum Gasteiger partial charge on any atom is -0.332 e. The molecule has 0 bridgehead atoms. The van der Waals surface area contributed by atoms with Crippen LogP contribution < -0.4 is 4.90 Å². The standard InChI is InChI=1S/C22H23N3O2S2/c1-15-12-16(2)20-18(13-15)29-21(23-20)25(14-17-6-4-3-5-7-17)19(26)8-9-24-10-11-28-22(24)27/h3-7,12-13H,8-11,14H2,1-2H3. The van der Waals surface area contributed by atoms with Crippen LogP contribution in [-0.4, -0.2) is 39.9 Å². The van der Waals surface area contributed by atoms with Gasteiger partial charge in [-0.15, -0.1) is 0 Å². The lowest BCUT2D eigenvalue weighted by molar-refractivity contribution is -0.118. The Hall–Kier alpha value is -2.38. The molecule has 0 aliphatic carbocycles. The van der Waals surface area contributed by atoms with Gasteiger partial charge >= 0.3 is 0 Å². The van der Waals surface area contributed by atoms with Gasteiger partial charge in [0.15, 0.2) is 5.13 Å². The zero-order valence-electron chi connectivity index (χ0n) is 16.6. The minimum atomic E-state index is -0.00742. The van der Waals surface area contributed by atoms with E-state index in [1.165, 1.54) is 17.3 Å². The number of hydrogen-bond acceptors (Lipinski definition) is 5. The van der Waals surface area contributed by atoms with Crippen LogP contribution in [0, 0.1) is 13.8 Å². The van der Waals surface area contributed by atoms with Gasteiger partial charge in [-0.25, -0.2) is 4.98 Å². The topological polar surface area (TPSA) is 53.5 Å². The van der Waals surface area contributed by atoms with Crippen molar-refractivity contribution >= 4 is 49.6 Å². The first-order chi connectivity index (χ1) is 14.0. The third-order valence-electron chi connectivity index (χ3n) is 4.97. The molecule has 0 saturated carbocycles. The van der Waals surface area contributed by atoms with Gasteiger partial charge in [-0.1, -0.05) is 59.5 Å². The molecule has 1 aliphatic rings. The predicted molar refractivity (Wildman–Crippen MR) is 121 cm³/mol. The Labute approximate surface area is 178 Å². The second-order valence-corrected chi connectivity index (χ2v) is 9.30. The van der Waals surface area contributed by atoms with E-state index in [0.29, 0.717) is 24.6 Å². The molecule has 0 N–H and O–H groups in total. The highest BCUT2D eigenvalue weighted by Gasteiger charge is 2.25. The zero-order chi connectivity index (χ0) is 20.4. The SMILES string of the molecule is Cc1cc(C)c2nc(N(Cc3ccccc3)C(=O)CCN3CCSC3=O)sc2c1. The third kappa shape index (κ3) is 4.46. The summed E-state index contributed by atoms with van der Waals surface area (Å²) in [6.07, 6.45) is 0.299. The predicted octanol–water partition coefficient (Wildman–Crippen LogP) is 5.01. The van der Waals surface area contributed by atoms with Crippen LogP contribution in [-0.2, 0) is 11.3 Å². The lowest BCUT2D eigenvalue weighted by atomic mass is 10.1. The minimum absolute atomic E-state index is 0.00742. The van der Waals surface area contributed by atoms with Crippen molar-refractivity contribution in [1.82, 2.24) is 9.88 Å². The highest BCUT2D eigenvalue weighted by molar-refractivity contribution is 8.13. The van der Waals surface area contributed by atoms with Crippen LogP contribution >= 0.6 is 23.1 Å². The molecule has 0 spiro atoms. The number of amides is 2. The molecule has 150 valence electrons. The molecular weight excluding hydrogens is 402 g/mol. The van der Waals surface area contributed by atoms with Crippen molar-refractivity contribution in [3.63, 3.8) is 0 Å². The van der Waals surface area contributed by atoms with Crippen molar-refractivity contribution in [1.29, 1.82) is 0 Å². The summed E-state index contributed by atoms with van der Waals surface area (Å²) in [5, 5.41) is 0.781. The molecule has 0 radical (unpaired) electrons. The van der Waals surface area contributed by atoms with Gasteiger partial charge < -0.3 is 4.90 Å². The lowest BCUT2D eigenvalue weighted by Crippen LogP contribution is -2.34. The highest BCUT2D eigenvalue weighted by Crippen LogP contribution is 2.33. The Morgan fingerprint density at radius 1 is 1.21 bits per heavy atom. The van der Waals surface area contributed by atoms with E-state index in [1.54, 1.807) is 21.1 Å². The van der Waals surface area contributed by atoms with Crippen LogP contribution in [0.25, 0.3) is 10.2 Å². The van der Waals surface area contributed by atoms with E-state index in [9.17, 15) is 9.59 Å². The average molecular weight is 426 g/mol. The fourth-order valence-electron chi connectivity index (χ4n) is 3.50. The summed E-state index contributed by atoms with van der Waals surface area (Å²) in [5.41, 5.74) is 4.32. The van der Waals surface area contributed by atoms with E-state index in [0.717, 1.165) is 33.6 Å². The summed E-state index contributed by atoms with van der Waals surface area (Å²) in [4.78, 5) is 33.4. The number of carbonyl (C=O) groups excluding carboxylic acids is 2. The Kier molecular flexibility index (Phi) is 5.87. The first-order valence-corrected chi connectivity index (χ1v) is 11.5. The van der Waals surface area contributed by atoms with Crippen LogP contribution in [0.1, 0.15) is 23.1 Å². The number of benzene rings is 2. The average Bonchev–Trinajstić information content (AvgIpc) is 3.31. The number of nitrogens with zero attached hydrogens (tertiary/aromatic N) is 3. The van der Waals surface area contributed by atoms with Crippen LogP contribution in [0.4, 0.5) is 9.93 Å². The van der Waals surface area contributed by atoms with Crippen molar-refractivity contribution in [2.45, 2.75) is 26.8 Å². The Morgan fingerprint density at radius 2 is 2.00 bits per heavy atom. The number of rotatable bonds is 6. The molecule has 4 rings (SSSR count). The third-order valence-corrected chi connectivity index (χ3v) is 6.89. The number of hydrogen-bond donors (Lipinski definition) is 0. The summed E-state index contributed by atoms with van der Waals surface area (Å²) >= 11 is 2.87. The molecule has 1 aliphatic heterocycles. The molecule has 29 heavy (non-hydrogen) atoms. The monoisotopic (exact) mass is 425 g/mol. The Bertz CT molecular complexity index is 1050. The van der Waals surface area contributed by atoms with Gasteiger partial charge in [-0.3, -0.25) is 14.5 Å². The number of carbonyl (C=O) groups is 2. The van der Waals surface area contributed by atoms with Gasteiger partial charge in [0.05, 0.1) is 16.8 Å². The smallest absolute Gasteiger partial charge is 0.281 e. The first-order valence-electron chi connectivity index (χ1n) is 9.65. The van der Waals surface area contributed by atoms with Gasteiger partial charge in [0.25, 0.3) is 5.24 Å². The van der Waals surface area contributed by atoms with E-state index < -0.39 is 0 Å². The van der Waals surface area contributed by atoms with Crippen molar-refractivity contribution in [3.05, 3.63) is 59.2 Å². The highest BCUT2D eigenvalue weighted by atomic mass is 32.2. The maximum absolute atomic E-state index is 13.2. The van der Waals surface area contributed by atoms with E-state index in [2.05, 4.69) is 26.0 Å². The zero-order valence-corrected chi connectivity index (χ0v) is 18.2. The summed E-state index contributed by atoms with van der Waals surface area (Å²) in [6.45, 7) is 5.77. The second kappa shape index (κ2) is 8.55. The molecular formula is C22H23N3O2S2. The van der Waals surface area contributed by atoms with Crippen LogP contribution in [0.2, 0.25) is 0 Å². The molecule has 3 aromatic rings. The van der Waals surface area contributed by atoms with Crippen LogP contribution in [0.15, 0.2) is 42.5 Å². The van der Waals surface area contributed by atoms with E-state index in [1.807, 2.05) is 30.3 Å². The van der Waals surface area contributed by atoms with Crippen LogP contribution in [0.5, 0.6) is 0 Å². The van der Waals surface area contributed by atoms with Crippen molar-refractivity contribution in [2.24, 2.45) is 0 Å². The molecule has 2 amide bonds. The molecule has 0 atom stereocenters. The van der Waals surface area contributed by atoms with E-state index in [4.69, 9.17) is 4.98 Å². The molecule has 1 saturated heterocycles. The van der Waals surface area contributed by atoms with Crippen molar-refractivity contribution in [3.8, 4) is 0 Å². The second-order valence-electron chi connectivity index (χ2n) is 7.24. The molecule has 2 aromatic carbocycles. The quantitative estimate of drug-likeness (QED) is 0.557. The molecule has 1 aromatic heterocycles. The van der Waals surface area contributed by atoms with Gasteiger partial charge in [0, 0.05) is 25.3 Å². The maximum atomic E-state index is 13.2. The number of thiazole rings is 1. The Balaban J connectivity index is 1.62. The normalized spacial score (nSPS) is 14.0. The molecule has 0 unspecified atom stereocenters. The molecule has 1 fully saturated rings. The summed E-state index contributed by atoms with van der Waals surface area (Å²) in [6, 6.07) is 14.2. The summed E-state index contributed by atoms with van der Waals surface area (Å²) in [7, 11) is 0. The van der Waals surface area contributed by atoms with Gasteiger partial charge in [-0.2, -0.15) is 0 Å². The number of fused-ring (bicyclic) bond motifs is 1. The van der Waals surface area contributed by atoms with Gasteiger partial charge in [0.2, 0.25) is 5.91 Å². The fraction of sp³-hybridized carbons (Fsp3) is 0.318. The first kappa shape index (κ1) is 19.9. The van der Waals surface area contributed by atoms with E-state index >= 15 is 0 Å². The molecule has 7 heteroatoms. The lowest BCUT2D eigenvalue weighted by Gasteiger charge is -2.22. The van der Waals surface area contributed by atoms with Crippen LogP contribution in [0.3, 0.4) is 0 Å². The fourth-order valence-corrected chi connectivity index (χ4v) is 5.51. The number of anilines is 1. The van der Waals surface area contributed by atoms with Crippen molar-refractivity contribution in [2.75, 3.05) is 23.7 Å². The maximum Gasteiger partial charge on any atom is 0.281 e. The number of thioether (sulfide) groups is 1. The van der Waals surface area contributed by atoms with Gasteiger partial charge in [-0.05, 0) is 36.6 Å². The molecule has 2 heterocycles. The number of aryl methyl sites for hydroxylation is 2. The largest absolute Gasteiger partial charge is 0.332 e.